The van der Waals surface area contributed by atoms with Crippen molar-refractivity contribution >= 4 is 17.9 Å². The zero-order valence-electron chi connectivity index (χ0n) is 24.7. The van der Waals surface area contributed by atoms with E-state index in [0.717, 1.165) is 52.5 Å². The molecule has 0 saturated carbocycles. The van der Waals surface area contributed by atoms with Gasteiger partial charge in [0.05, 0.1) is 36.9 Å². The van der Waals surface area contributed by atoms with Gasteiger partial charge in [-0.1, -0.05) is 41.6 Å². The predicted octanol–water partition coefficient (Wildman–Crippen LogP) is 5.45. The van der Waals surface area contributed by atoms with Crippen molar-refractivity contribution in [3.05, 3.63) is 119 Å². The Balaban J connectivity index is 1.20. The second kappa shape index (κ2) is 12.7. The SMILES string of the molecule is COc1cc(C=C2CCCN3C2=NO[C@]3(CNCCOC(=O)c2ccccc2)c2ccc(F)cc2)ccc1-n1cnc(C)c1. The van der Waals surface area contributed by atoms with Crippen LogP contribution in [0.2, 0.25) is 0 Å². The lowest BCUT2D eigenvalue weighted by Gasteiger charge is -2.40. The standard InChI is InChI=1S/C34H34FN5O4/c1-24-21-39(23-37-24)30-15-10-25(20-31(30)42-2)19-27-9-6-17-40-32(27)38-44-34(40,28-11-13-29(35)14-12-28)22-36-16-18-43-33(41)26-7-4-3-5-8-26/h3-5,7-8,10-15,19-21,23,36H,6,9,16-18,22H2,1-2H3/t34-/m1/s1. The second-order valence-corrected chi connectivity index (χ2v) is 10.8. The number of imidazole rings is 1. The molecule has 0 aliphatic carbocycles. The zero-order valence-corrected chi connectivity index (χ0v) is 24.7. The van der Waals surface area contributed by atoms with Crippen LogP contribution in [0.15, 0.2) is 96.0 Å². The number of nitrogens with zero attached hydrogens (tertiary/aromatic N) is 4. The molecule has 1 atom stereocenters. The fourth-order valence-electron chi connectivity index (χ4n) is 5.61. The van der Waals surface area contributed by atoms with Crippen molar-refractivity contribution in [1.82, 2.24) is 19.8 Å². The number of benzene rings is 3. The van der Waals surface area contributed by atoms with Gasteiger partial charge in [0.15, 0.2) is 5.84 Å². The summed E-state index contributed by atoms with van der Waals surface area (Å²) in [5.74, 6) is 0.767. The van der Waals surface area contributed by atoms with Crippen LogP contribution in [0.25, 0.3) is 11.8 Å². The number of fused-ring (bicyclic) bond motifs is 1. The summed E-state index contributed by atoms with van der Waals surface area (Å²) < 4.78 is 27.0. The molecule has 3 aromatic carbocycles. The van der Waals surface area contributed by atoms with Crippen molar-refractivity contribution in [2.75, 3.05) is 33.4 Å². The van der Waals surface area contributed by atoms with Crippen molar-refractivity contribution in [1.29, 1.82) is 0 Å². The van der Waals surface area contributed by atoms with Gasteiger partial charge in [0, 0.05) is 24.8 Å². The third-order valence-electron chi connectivity index (χ3n) is 7.81. The Kier molecular flexibility index (Phi) is 8.42. The fourth-order valence-corrected chi connectivity index (χ4v) is 5.61. The predicted molar refractivity (Wildman–Crippen MR) is 165 cm³/mol. The number of aryl methyl sites for hydroxylation is 1. The maximum Gasteiger partial charge on any atom is 0.338 e. The molecule has 1 aromatic heterocycles. The fraction of sp³-hybridized carbons (Fsp3) is 0.265. The van der Waals surface area contributed by atoms with Gasteiger partial charge in [0.2, 0.25) is 5.72 Å². The Labute approximate surface area is 255 Å². The van der Waals surface area contributed by atoms with Gasteiger partial charge in [-0.2, -0.15) is 0 Å². The molecule has 0 bridgehead atoms. The smallest absolute Gasteiger partial charge is 0.338 e. The molecular weight excluding hydrogens is 561 g/mol. The first-order valence-electron chi connectivity index (χ1n) is 14.6. The number of methoxy groups -OCH3 is 1. The lowest BCUT2D eigenvalue weighted by molar-refractivity contribution is -0.105. The number of hydrogen-bond acceptors (Lipinski definition) is 8. The van der Waals surface area contributed by atoms with Crippen molar-refractivity contribution < 1.29 is 23.5 Å². The maximum atomic E-state index is 13.9. The van der Waals surface area contributed by atoms with Crippen LogP contribution in [0.4, 0.5) is 4.39 Å². The average molecular weight is 596 g/mol. The number of carbonyl (C=O) groups is 1. The molecule has 3 heterocycles. The number of piperidine rings is 1. The monoisotopic (exact) mass is 595 g/mol. The topological polar surface area (TPSA) is 90.2 Å². The molecule has 1 saturated heterocycles. The van der Waals surface area contributed by atoms with E-state index in [1.807, 2.05) is 42.0 Å². The molecule has 0 radical (unpaired) electrons. The van der Waals surface area contributed by atoms with Crippen LogP contribution in [0.1, 0.15) is 40.0 Å². The number of ether oxygens (including phenoxy) is 2. The van der Waals surface area contributed by atoms with Gasteiger partial charge in [0.1, 0.15) is 18.2 Å². The lowest BCUT2D eigenvalue weighted by Crippen LogP contribution is -2.54. The molecule has 1 N–H and O–H groups in total. The molecular formula is C34H34FN5O4. The summed E-state index contributed by atoms with van der Waals surface area (Å²) in [7, 11) is 1.66. The second-order valence-electron chi connectivity index (χ2n) is 10.8. The van der Waals surface area contributed by atoms with Crippen molar-refractivity contribution in [2.45, 2.75) is 25.5 Å². The molecule has 6 rings (SSSR count). The van der Waals surface area contributed by atoms with Crippen LogP contribution in [0, 0.1) is 12.7 Å². The third-order valence-corrected chi connectivity index (χ3v) is 7.81. The van der Waals surface area contributed by atoms with Crippen LogP contribution >= 0.6 is 0 Å². The van der Waals surface area contributed by atoms with E-state index >= 15 is 0 Å². The van der Waals surface area contributed by atoms with E-state index in [0.29, 0.717) is 25.2 Å². The summed E-state index contributed by atoms with van der Waals surface area (Å²) in [4.78, 5) is 25.0. The highest BCUT2D eigenvalue weighted by molar-refractivity contribution is 6.03. The summed E-state index contributed by atoms with van der Waals surface area (Å²) in [6, 6.07) is 21.2. The van der Waals surface area contributed by atoms with E-state index in [1.54, 1.807) is 49.8 Å². The minimum Gasteiger partial charge on any atom is -0.495 e. The average Bonchev–Trinajstić information content (AvgIpc) is 3.66. The summed E-state index contributed by atoms with van der Waals surface area (Å²) in [6.07, 6.45) is 7.54. The number of nitrogens with one attached hydrogen (secondary N) is 1. The Morgan fingerprint density at radius 1 is 1.14 bits per heavy atom. The summed E-state index contributed by atoms with van der Waals surface area (Å²) in [5.41, 5.74) is 4.11. The zero-order chi connectivity index (χ0) is 30.5. The Bertz CT molecular complexity index is 1690. The van der Waals surface area contributed by atoms with Crippen molar-refractivity contribution in [2.24, 2.45) is 5.16 Å². The van der Waals surface area contributed by atoms with E-state index in [1.165, 1.54) is 12.1 Å². The largest absolute Gasteiger partial charge is 0.495 e. The highest BCUT2D eigenvalue weighted by Crippen LogP contribution is 2.40. The number of carbonyl (C=O) groups excluding carboxylic acids is 1. The van der Waals surface area contributed by atoms with Crippen LogP contribution in [-0.4, -0.2) is 59.6 Å². The number of esters is 1. The summed E-state index contributed by atoms with van der Waals surface area (Å²) in [6.45, 7) is 3.58. The number of hydrogen-bond donors (Lipinski definition) is 1. The molecule has 0 unspecified atom stereocenters. The number of amidine groups is 1. The number of halogens is 1. The maximum absolute atomic E-state index is 13.9. The van der Waals surface area contributed by atoms with Crippen LogP contribution in [0.3, 0.4) is 0 Å². The van der Waals surface area contributed by atoms with E-state index in [-0.39, 0.29) is 18.4 Å². The first-order valence-corrected chi connectivity index (χ1v) is 14.6. The molecule has 9 nitrogen and oxygen atoms in total. The molecule has 10 heteroatoms. The van der Waals surface area contributed by atoms with Crippen LogP contribution in [-0.2, 0) is 15.3 Å². The first-order chi connectivity index (χ1) is 21.5. The van der Waals surface area contributed by atoms with Gasteiger partial charge in [0.25, 0.3) is 0 Å². The van der Waals surface area contributed by atoms with Crippen LogP contribution < -0.4 is 10.1 Å². The molecule has 44 heavy (non-hydrogen) atoms. The van der Waals surface area contributed by atoms with Gasteiger partial charge in [-0.05, 0) is 73.4 Å². The lowest BCUT2D eigenvalue weighted by atomic mass is 9.94. The molecule has 226 valence electrons. The van der Waals surface area contributed by atoms with Gasteiger partial charge >= 0.3 is 5.97 Å². The van der Waals surface area contributed by atoms with E-state index < -0.39 is 5.72 Å². The van der Waals surface area contributed by atoms with Crippen molar-refractivity contribution in [3.63, 3.8) is 0 Å². The minimum absolute atomic E-state index is 0.183. The van der Waals surface area contributed by atoms with Crippen molar-refractivity contribution in [3.8, 4) is 11.4 Å². The van der Waals surface area contributed by atoms with E-state index in [2.05, 4.69) is 26.4 Å². The number of rotatable bonds is 10. The Morgan fingerprint density at radius 3 is 2.70 bits per heavy atom. The van der Waals surface area contributed by atoms with E-state index in [4.69, 9.17) is 14.3 Å². The molecule has 0 amide bonds. The Hall–Kier alpha value is -4.96. The number of oxime groups is 1. The normalized spacial score (nSPS) is 18.5. The summed E-state index contributed by atoms with van der Waals surface area (Å²) in [5, 5.41) is 7.95. The third kappa shape index (κ3) is 5.93. The van der Waals surface area contributed by atoms with Gasteiger partial charge in [-0.25, -0.2) is 14.2 Å². The molecule has 0 spiro atoms. The molecule has 2 aliphatic heterocycles. The Morgan fingerprint density at radius 2 is 1.95 bits per heavy atom. The highest BCUT2D eigenvalue weighted by Gasteiger charge is 2.49. The summed E-state index contributed by atoms with van der Waals surface area (Å²) >= 11 is 0. The minimum atomic E-state index is -0.993. The van der Waals surface area contributed by atoms with Crippen LogP contribution in [0.5, 0.6) is 5.75 Å². The van der Waals surface area contributed by atoms with Gasteiger partial charge in [-0.15, -0.1) is 0 Å². The highest BCUT2D eigenvalue weighted by atomic mass is 19.1. The van der Waals surface area contributed by atoms with Gasteiger partial charge < -0.3 is 29.1 Å². The van der Waals surface area contributed by atoms with E-state index in [9.17, 15) is 9.18 Å². The quantitative estimate of drug-likeness (QED) is 0.193. The first kappa shape index (κ1) is 29.1. The number of aromatic nitrogens is 2. The van der Waals surface area contributed by atoms with Gasteiger partial charge in [-0.3, -0.25) is 0 Å². The molecule has 4 aromatic rings. The molecule has 2 aliphatic rings. The molecule has 1 fully saturated rings.